The van der Waals surface area contributed by atoms with Gasteiger partial charge in [-0.2, -0.15) is 0 Å². The predicted molar refractivity (Wildman–Crippen MR) is 93.9 cm³/mol. The maximum Gasteiger partial charge on any atom is 0.232 e. The number of benzene rings is 2. The molecule has 5 heteroatoms. The summed E-state index contributed by atoms with van der Waals surface area (Å²) in [5.41, 5.74) is 2.35. The fourth-order valence-electron chi connectivity index (χ4n) is 2.52. The van der Waals surface area contributed by atoms with Crippen LogP contribution >= 0.6 is 0 Å². The van der Waals surface area contributed by atoms with Gasteiger partial charge in [-0.15, -0.1) is 0 Å². The third-order valence-electron chi connectivity index (χ3n) is 3.62. The molecule has 118 valence electrons. The van der Waals surface area contributed by atoms with Crippen LogP contribution in [-0.2, 0) is 16.4 Å². The van der Waals surface area contributed by atoms with Crippen molar-refractivity contribution in [2.45, 2.75) is 12.8 Å². The number of aryl methyl sites for hydroxylation is 1. The molecule has 0 saturated heterocycles. The van der Waals surface area contributed by atoms with E-state index in [4.69, 9.17) is 0 Å². The summed E-state index contributed by atoms with van der Waals surface area (Å²) in [5.74, 6) is 0.0884. The number of pyridine rings is 1. The molecule has 3 aromatic rings. The van der Waals surface area contributed by atoms with Gasteiger partial charge in [0.1, 0.15) is 0 Å². The summed E-state index contributed by atoms with van der Waals surface area (Å²) in [6.07, 6.45) is 2.99. The minimum atomic E-state index is -3.39. The number of sulfonamides is 1. The van der Waals surface area contributed by atoms with Crippen molar-refractivity contribution in [3.8, 4) is 0 Å². The molecule has 3 rings (SSSR count). The SMILES string of the molecule is O=S(=O)(CCCc1ccccc1)Nc1cccc2cccnc12. The van der Waals surface area contributed by atoms with Gasteiger partial charge in [-0.25, -0.2) is 8.42 Å². The number of anilines is 1. The molecule has 4 nitrogen and oxygen atoms in total. The normalized spacial score (nSPS) is 11.5. The highest BCUT2D eigenvalue weighted by molar-refractivity contribution is 7.92. The van der Waals surface area contributed by atoms with Crippen LogP contribution in [0.3, 0.4) is 0 Å². The highest BCUT2D eigenvalue weighted by Crippen LogP contribution is 2.21. The lowest BCUT2D eigenvalue weighted by Gasteiger charge is -2.10. The third kappa shape index (κ3) is 4.07. The number of para-hydroxylation sites is 1. The molecule has 0 spiro atoms. The number of nitrogens with zero attached hydrogens (tertiary/aromatic N) is 1. The number of rotatable bonds is 6. The number of nitrogens with one attached hydrogen (secondary N) is 1. The van der Waals surface area contributed by atoms with Crippen LogP contribution in [0.5, 0.6) is 0 Å². The monoisotopic (exact) mass is 326 g/mol. The van der Waals surface area contributed by atoms with Gasteiger partial charge in [0.15, 0.2) is 0 Å². The molecule has 0 unspecified atom stereocenters. The largest absolute Gasteiger partial charge is 0.281 e. The van der Waals surface area contributed by atoms with Crippen LogP contribution in [-0.4, -0.2) is 19.2 Å². The van der Waals surface area contributed by atoms with Crippen molar-refractivity contribution in [3.63, 3.8) is 0 Å². The standard InChI is InChI=1S/C18H18N2O2S/c21-23(22,14-6-9-15-7-2-1-3-8-15)20-17-12-4-10-16-11-5-13-19-18(16)17/h1-5,7-8,10-13,20H,6,9,14H2. The van der Waals surface area contributed by atoms with E-state index in [9.17, 15) is 8.42 Å². The molecule has 0 fully saturated rings. The smallest absolute Gasteiger partial charge is 0.232 e. The lowest BCUT2D eigenvalue weighted by atomic mass is 10.1. The second-order valence-electron chi connectivity index (χ2n) is 5.39. The molecule has 1 N–H and O–H groups in total. The molecule has 1 aromatic heterocycles. The minimum Gasteiger partial charge on any atom is -0.281 e. The van der Waals surface area contributed by atoms with Crippen LogP contribution in [0.15, 0.2) is 66.9 Å². The Hall–Kier alpha value is -2.40. The van der Waals surface area contributed by atoms with Crippen LogP contribution in [0.1, 0.15) is 12.0 Å². The van der Waals surface area contributed by atoms with Crippen LogP contribution in [0.4, 0.5) is 5.69 Å². The van der Waals surface area contributed by atoms with E-state index in [2.05, 4.69) is 9.71 Å². The van der Waals surface area contributed by atoms with E-state index in [0.29, 0.717) is 17.6 Å². The summed E-state index contributed by atoms with van der Waals surface area (Å²) in [6.45, 7) is 0. The summed E-state index contributed by atoms with van der Waals surface area (Å²) < 4.78 is 27.2. The molecule has 0 aliphatic rings. The Labute approximate surface area is 136 Å². The van der Waals surface area contributed by atoms with Crippen molar-refractivity contribution >= 4 is 26.6 Å². The van der Waals surface area contributed by atoms with Gasteiger partial charge in [0.25, 0.3) is 0 Å². The first-order valence-corrected chi connectivity index (χ1v) is 9.17. The zero-order chi connectivity index (χ0) is 16.1. The molecule has 0 radical (unpaired) electrons. The number of aromatic nitrogens is 1. The van der Waals surface area contributed by atoms with Crippen LogP contribution in [0.25, 0.3) is 10.9 Å². The highest BCUT2D eigenvalue weighted by atomic mass is 32.2. The Morgan fingerprint density at radius 3 is 2.52 bits per heavy atom. The summed E-state index contributed by atoms with van der Waals surface area (Å²) >= 11 is 0. The fraction of sp³-hybridized carbons (Fsp3) is 0.167. The molecule has 0 bridgehead atoms. The number of hydrogen-bond donors (Lipinski definition) is 1. The minimum absolute atomic E-state index is 0.0884. The second-order valence-corrected chi connectivity index (χ2v) is 7.23. The first-order chi connectivity index (χ1) is 11.1. The van der Waals surface area contributed by atoms with Gasteiger partial charge in [0, 0.05) is 11.6 Å². The van der Waals surface area contributed by atoms with E-state index in [1.54, 1.807) is 12.3 Å². The molecule has 0 atom stereocenters. The maximum absolute atomic E-state index is 12.3. The lowest BCUT2D eigenvalue weighted by Crippen LogP contribution is -2.17. The van der Waals surface area contributed by atoms with E-state index in [0.717, 1.165) is 17.4 Å². The molecule has 23 heavy (non-hydrogen) atoms. The van der Waals surface area contributed by atoms with Crippen molar-refractivity contribution < 1.29 is 8.42 Å². The average Bonchev–Trinajstić information content (AvgIpc) is 2.56. The van der Waals surface area contributed by atoms with Gasteiger partial charge in [0.05, 0.1) is 17.0 Å². The predicted octanol–water partition coefficient (Wildman–Crippen LogP) is 3.61. The fourth-order valence-corrected chi connectivity index (χ4v) is 3.64. The van der Waals surface area contributed by atoms with Crippen LogP contribution < -0.4 is 4.72 Å². The van der Waals surface area contributed by atoms with Crippen molar-refractivity contribution in [2.24, 2.45) is 0 Å². The van der Waals surface area contributed by atoms with E-state index < -0.39 is 10.0 Å². The molecular formula is C18H18N2O2S. The van der Waals surface area contributed by atoms with Crippen molar-refractivity contribution in [1.29, 1.82) is 0 Å². The number of hydrogen-bond acceptors (Lipinski definition) is 3. The van der Waals surface area contributed by atoms with E-state index in [1.165, 1.54) is 0 Å². The van der Waals surface area contributed by atoms with Gasteiger partial charge >= 0.3 is 0 Å². The van der Waals surface area contributed by atoms with Crippen LogP contribution in [0.2, 0.25) is 0 Å². The topological polar surface area (TPSA) is 59.1 Å². The van der Waals surface area contributed by atoms with E-state index in [1.807, 2.05) is 54.6 Å². The zero-order valence-electron chi connectivity index (χ0n) is 12.6. The molecule has 0 saturated carbocycles. The molecule has 0 aliphatic heterocycles. The average molecular weight is 326 g/mol. The Balaban J connectivity index is 1.68. The van der Waals surface area contributed by atoms with Gasteiger partial charge < -0.3 is 0 Å². The van der Waals surface area contributed by atoms with E-state index in [-0.39, 0.29) is 5.75 Å². The second kappa shape index (κ2) is 6.79. The quantitative estimate of drug-likeness (QED) is 0.753. The third-order valence-corrected chi connectivity index (χ3v) is 4.98. The molecule has 1 heterocycles. The number of fused-ring (bicyclic) bond motifs is 1. The summed E-state index contributed by atoms with van der Waals surface area (Å²) in [7, 11) is -3.39. The van der Waals surface area contributed by atoms with Gasteiger partial charge in [-0.3, -0.25) is 9.71 Å². The van der Waals surface area contributed by atoms with Crippen molar-refractivity contribution in [2.75, 3.05) is 10.5 Å². The molecular weight excluding hydrogens is 308 g/mol. The summed E-state index contributed by atoms with van der Waals surface area (Å²) in [4.78, 5) is 4.27. The molecule has 0 aliphatic carbocycles. The Bertz CT molecular complexity index is 888. The van der Waals surface area contributed by atoms with Gasteiger partial charge in [-0.1, -0.05) is 48.5 Å². The molecule has 0 amide bonds. The van der Waals surface area contributed by atoms with Crippen molar-refractivity contribution in [1.82, 2.24) is 4.98 Å². The van der Waals surface area contributed by atoms with Crippen molar-refractivity contribution in [3.05, 3.63) is 72.4 Å². The van der Waals surface area contributed by atoms with E-state index >= 15 is 0 Å². The Morgan fingerprint density at radius 1 is 0.913 bits per heavy atom. The van der Waals surface area contributed by atoms with Crippen LogP contribution in [0, 0.1) is 0 Å². The lowest BCUT2D eigenvalue weighted by molar-refractivity contribution is 0.598. The zero-order valence-corrected chi connectivity index (χ0v) is 13.5. The Kier molecular flexibility index (Phi) is 4.57. The first-order valence-electron chi connectivity index (χ1n) is 7.52. The summed E-state index contributed by atoms with van der Waals surface area (Å²) in [5, 5.41) is 0.914. The summed E-state index contributed by atoms with van der Waals surface area (Å²) in [6, 6.07) is 19.1. The van der Waals surface area contributed by atoms with Gasteiger partial charge in [0.2, 0.25) is 10.0 Å². The maximum atomic E-state index is 12.3. The Morgan fingerprint density at radius 2 is 1.70 bits per heavy atom. The first kappa shape index (κ1) is 15.5. The molecule has 2 aromatic carbocycles. The highest BCUT2D eigenvalue weighted by Gasteiger charge is 2.12. The van der Waals surface area contributed by atoms with Gasteiger partial charge in [-0.05, 0) is 30.5 Å².